The number of hydrogen-bond acceptors (Lipinski definition) is 4. The average Bonchev–Trinajstić information content (AvgIpc) is 3.97. The normalized spacial score (nSPS) is 12.7. The van der Waals surface area contributed by atoms with Crippen LogP contribution in [0.15, 0.2) is 156 Å². The fourth-order valence-electron chi connectivity index (χ4n) is 9.85. The van der Waals surface area contributed by atoms with Crippen LogP contribution in [-0.4, -0.2) is 14.5 Å². The Morgan fingerprint density at radius 3 is 1.85 bits per heavy atom. The van der Waals surface area contributed by atoms with Gasteiger partial charge in [0.15, 0.2) is 5.58 Å². The van der Waals surface area contributed by atoms with Crippen molar-refractivity contribution >= 4 is 129 Å². The molecule has 4 aromatic heterocycles. The molecule has 14 rings (SSSR count). The third-order valence-corrected chi connectivity index (χ3v) is 13.3. The number of hydrogen-bond donors (Lipinski definition) is 0. The van der Waals surface area contributed by atoms with Crippen LogP contribution in [0.1, 0.15) is 0 Å². The molecule has 0 aliphatic heterocycles. The predicted molar refractivity (Wildman–Crippen MR) is 232 cm³/mol. The SMILES string of the molecule is c1ccc2c(c1)oc1c(-c3ccc4sc5ccccc5c4c3)nc(-n3c4cccc5c6ccccc6c6ccc7c8ccccc8c8cc3c(c6c78)c54)nc12. The summed E-state index contributed by atoms with van der Waals surface area (Å²) < 4.78 is 11.5. The zero-order valence-electron chi connectivity index (χ0n) is 29.1. The highest BCUT2D eigenvalue weighted by atomic mass is 32.1. The lowest BCUT2D eigenvalue weighted by Gasteiger charge is -2.11. The molecule has 0 aliphatic rings. The molecular weight excluding hydrogens is 691 g/mol. The lowest BCUT2D eigenvalue weighted by molar-refractivity contribution is 0.666. The molecule has 55 heavy (non-hydrogen) atoms. The molecule has 0 spiro atoms. The molecule has 252 valence electrons. The molecule has 0 unspecified atom stereocenters. The van der Waals surface area contributed by atoms with E-state index in [2.05, 4.69) is 144 Å². The van der Waals surface area contributed by atoms with Crippen molar-refractivity contribution < 1.29 is 4.42 Å². The van der Waals surface area contributed by atoms with Crippen molar-refractivity contribution in [1.29, 1.82) is 0 Å². The van der Waals surface area contributed by atoms with Gasteiger partial charge in [-0.3, -0.25) is 4.57 Å². The van der Waals surface area contributed by atoms with Crippen LogP contribution >= 0.6 is 11.3 Å². The molecular formula is C50H25N3OS. The third kappa shape index (κ3) is 3.48. The summed E-state index contributed by atoms with van der Waals surface area (Å²) in [6.45, 7) is 0. The number of benzene rings is 8. The predicted octanol–water partition coefficient (Wildman–Crippen LogP) is 14.1. The Bertz CT molecular complexity index is 3960. The number of aromatic nitrogens is 3. The largest absolute Gasteiger partial charge is 0.452 e. The first-order chi connectivity index (χ1) is 27.3. The van der Waals surface area contributed by atoms with Crippen molar-refractivity contribution in [2.75, 3.05) is 0 Å². The standard InChI is InChI=1S/C50H25N3OS/c1-2-11-28-27(10-1)32-16-9-17-38-44(32)46-39(25-37-30-13-4-3-12-29(30)33-21-22-34(28)45(46)43(33)37)53(38)50-51-47(49-48(52-50)35-15-5-7-18-40(35)54-49)26-20-23-42-36(24-26)31-14-6-8-19-41(31)55-42/h1-25H. The van der Waals surface area contributed by atoms with Crippen molar-refractivity contribution in [2.45, 2.75) is 0 Å². The minimum absolute atomic E-state index is 0.630. The number of thiophene rings is 1. The fraction of sp³-hybridized carbons (Fsp3) is 0. The molecule has 0 atom stereocenters. The van der Waals surface area contributed by atoms with Gasteiger partial charge in [-0.1, -0.05) is 109 Å². The summed E-state index contributed by atoms with van der Waals surface area (Å²) in [4.78, 5) is 11.0. The zero-order valence-corrected chi connectivity index (χ0v) is 29.9. The summed E-state index contributed by atoms with van der Waals surface area (Å²) in [5, 5.41) is 18.7. The fourth-order valence-corrected chi connectivity index (χ4v) is 10.9. The van der Waals surface area contributed by atoms with Gasteiger partial charge in [-0.2, -0.15) is 0 Å². The summed E-state index contributed by atoms with van der Waals surface area (Å²) in [5.74, 6) is 0.630. The summed E-state index contributed by atoms with van der Waals surface area (Å²) in [6, 6.07) is 55.1. The maximum Gasteiger partial charge on any atom is 0.236 e. The molecule has 0 radical (unpaired) electrons. The molecule has 0 saturated heterocycles. The Kier molecular flexibility index (Phi) is 5.12. The van der Waals surface area contributed by atoms with Gasteiger partial charge >= 0.3 is 0 Å². The lowest BCUT2D eigenvalue weighted by atomic mass is 9.97. The van der Waals surface area contributed by atoms with Crippen molar-refractivity contribution in [3.63, 3.8) is 0 Å². The van der Waals surface area contributed by atoms with E-state index in [1.165, 1.54) is 84.8 Å². The highest BCUT2D eigenvalue weighted by molar-refractivity contribution is 7.25. The van der Waals surface area contributed by atoms with Crippen molar-refractivity contribution in [3.05, 3.63) is 152 Å². The minimum atomic E-state index is 0.630. The van der Waals surface area contributed by atoms with Crippen molar-refractivity contribution in [1.82, 2.24) is 14.5 Å². The number of furan rings is 1. The van der Waals surface area contributed by atoms with E-state index in [4.69, 9.17) is 14.4 Å². The highest BCUT2D eigenvalue weighted by Crippen LogP contribution is 2.50. The lowest BCUT2D eigenvalue weighted by Crippen LogP contribution is -2.03. The minimum Gasteiger partial charge on any atom is -0.452 e. The molecule has 0 saturated carbocycles. The van der Waals surface area contributed by atoms with E-state index in [1.807, 2.05) is 23.5 Å². The molecule has 14 aromatic rings. The second-order valence-corrected chi connectivity index (χ2v) is 15.9. The van der Waals surface area contributed by atoms with E-state index >= 15 is 0 Å². The van der Waals surface area contributed by atoms with Gasteiger partial charge in [0.05, 0.1) is 11.0 Å². The first-order valence-corrected chi connectivity index (χ1v) is 19.5. The van der Waals surface area contributed by atoms with Crippen LogP contribution in [0, 0.1) is 0 Å². The van der Waals surface area contributed by atoms with Crippen LogP contribution in [0.4, 0.5) is 0 Å². The summed E-state index contributed by atoms with van der Waals surface area (Å²) in [5.41, 5.74) is 6.30. The first kappa shape index (κ1) is 28.4. The van der Waals surface area contributed by atoms with Crippen LogP contribution < -0.4 is 0 Å². The topological polar surface area (TPSA) is 43.9 Å². The van der Waals surface area contributed by atoms with E-state index in [-0.39, 0.29) is 0 Å². The summed E-state index contributed by atoms with van der Waals surface area (Å²) >= 11 is 1.82. The van der Waals surface area contributed by atoms with Gasteiger partial charge in [-0.25, -0.2) is 9.97 Å². The third-order valence-electron chi connectivity index (χ3n) is 12.1. The number of para-hydroxylation sites is 1. The summed E-state index contributed by atoms with van der Waals surface area (Å²) in [6.07, 6.45) is 0. The van der Waals surface area contributed by atoms with Gasteiger partial charge in [-0.15, -0.1) is 11.3 Å². The molecule has 10 aromatic carbocycles. The van der Waals surface area contributed by atoms with Crippen LogP contribution in [0.3, 0.4) is 0 Å². The summed E-state index contributed by atoms with van der Waals surface area (Å²) in [7, 11) is 0. The van der Waals surface area contributed by atoms with Crippen molar-refractivity contribution in [2.24, 2.45) is 0 Å². The Morgan fingerprint density at radius 2 is 1.05 bits per heavy atom. The van der Waals surface area contributed by atoms with E-state index < -0.39 is 0 Å². The van der Waals surface area contributed by atoms with Crippen LogP contribution in [0.2, 0.25) is 0 Å². The molecule has 0 fully saturated rings. The van der Waals surface area contributed by atoms with Gasteiger partial charge in [0.1, 0.15) is 16.8 Å². The van der Waals surface area contributed by atoms with E-state index in [0.717, 1.165) is 38.8 Å². The van der Waals surface area contributed by atoms with E-state index in [9.17, 15) is 0 Å². The van der Waals surface area contributed by atoms with Crippen molar-refractivity contribution in [3.8, 4) is 17.2 Å². The van der Waals surface area contributed by atoms with Crippen LogP contribution in [0.5, 0.6) is 0 Å². The smallest absolute Gasteiger partial charge is 0.236 e. The second kappa shape index (κ2) is 9.91. The maximum absolute atomic E-state index is 6.66. The molecule has 0 amide bonds. The van der Waals surface area contributed by atoms with Gasteiger partial charge in [0.2, 0.25) is 5.95 Å². The second-order valence-electron chi connectivity index (χ2n) is 14.8. The quantitative estimate of drug-likeness (QED) is 0.179. The highest BCUT2D eigenvalue weighted by Gasteiger charge is 2.26. The van der Waals surface area contributed by atoms with Gasteiger partial charge in [0, 0.05) is 47.3 Å². The van der Waals surface area contributed by atoms with Crippen LogP contribution in [-0.2, 0) is 0 Å². The Morgan fingerprint density at radius 1 is 0.418 bits per heavy atom. The molecule has 0 bridgehead atoms. The number of nitrogens with zero attached hydrogens (tertiary/aromatic N) is 3. The van der Waals surface area contributed by atoms with Gasteiger partial charge < -0.3 is 4.42 Å². The Hall–Kier alpha value is -7.08. The molecule has 4 heterocycles. The van der Waals surface area contributed by atoms with Gasteiger partial charge in [0.25, 0.3) is 0 Å². The average molecular weight is 716 g/mol. The van der Waals surface area contributed by atoms with E-state index in [0.29, 0.717) is 11.5 Å². The van der Waals surface area contributed by atoms with Crippen LogP contribution in [0.25, 0.3) is 135 Å². The molecule has 0 aliphatic carbocycles. The molecule has 0 N–H and O–H groups in total. The Labute approximate surface area is 315 Å². The first-order valence-electron chi connectivity index (χ1n) is 18.7. The van der Waals surface area contributed by atoms with Gasteiger partial charge in [-0.05, 0) is 90.9 Å². The maximum atomic E-state index is 6.66. The molecule has 4 nitrogen and oxygen atoms in total. The Balaban J connectivity index is 1.20. The number of fused-ring (bicyclic) bond motifs is 12. The monoisotopic (exact) mass is 715 g/mol. The zero-order chi connectivity index (χ0) is 35.5. The van der Waals surface area contributed by atoms with E-state index in [1.54, 1.807) is 0 Å². The molecule has 5 heteroatoms. The number of rotatable bonds is 2.